The average Bonchev–Trinajstić information content (AvgIpc) is 3.03. The number of ether oxygens (including phenoxy) is 1. The lowest BCUT2D eigenvalue weighted by atomic mass is 9.90. The first kappa shape index (κ1) is 31.5. The van der Waals surface area contributed by atoms with E-state index in [0.29, 0.717) is 15.8 Å². The minimum atomic E-state index is -0.991. The second kappa shape index (κ2) is 14.7. The Balaban J connectivity index is 1.49. The third-order valence-corrected chi connectivity index (χ3v) is 8.90. The quantitative estimate of drug-likeness (QED) is 0.146. The van der Waals surface area contributed by atoms with Crippen LogP contribution in [0.5, 0.6) is 5.75 Å². The fourth-order valence-electron chi connectivity index (χ4n) is 5.10. The molecule has 1 N–H and O–H groups in total. The second-order valence-corrected chi connectivity index (χ2v) is 12.3. The molecule has 0 heterocycles. The van der Waals surface area contributed by atoms with Crippen LogP contribution in [-0.4, -0.2) is 23.4 Å². The van der Waals surface area contributed by atoms with Crippen LogP contribution in [-0.2, 0) is 4.79 Å². The molecule has 6 heteroatoms. The smallest absolute Gasteiger partial charge is 0.341 e. The molecule has 0 aromatic heterocycles. The summed E-state index contributed by atoms with van der Waals surface area (Å²) >= 11 is 14.3. The van der Waals surface area contributed by atoms with E-state index in [-0.39, 0.29) is 6.61 Å². The van der Waals surface area contributed by atoms with Gasteiger partial charge in [0.25, 0.3) is 0 Å². The van der Waals surface area contributed by atoms with E-state index >= 15 is 0 Å². The molecule has 0 bridgehead atoms. The molecule has 222 valence electrons. The lowest BCUT2D eigenvalue weighted by Gasteiger charge is -2.17. The van der Waals surface area contributed by atoms with E-state index in [1.165, 1.54) is 11.1 Å². The van der Waals surface area contributed by atoms with Gasteiger partial charge in [0, 0.05) is 20.7 Å². The molecule has 0 aliphatic heterocycles. The van der Waals surface area contributed by atoms with Gasteiger partial charge in [0.2, 0.25) is 0 Å². The molecule has 0 radical (unpaired) electrons. The largest absolute Gasteiger partial charge is 0.482 e. The van der Waals surface area contributed by atoms with Crippen LogP contribution >= 0.6 is 35.0 Å². The van der Waals surface area contributed by atoms with Crippen molar-refractivity contribution in [3.05, 3.63) is 148 Å². The standard InChI is InChI=1S/C38H32Cl2O3S/c1-3-26(24-44-35-18-19-36(25(2)20-35)43-23-37(41)42)38(29-14-10-27(11-15-29)31-6-4-8-33(39)21-31)30-16-12-28(13-17-30)32-7-5-9-34(40)22-32/h4-22H,3,23-24H2,1-2H3,(H,41,42). The summed E-state index contributed by atoms with van der Waals surface area (Å²) in [6, 6.07) is 39.1. The Morgan fingerprint density at radius 2 is 1.27 bits per heavy atom. The molecule has 0 saturated carbocycles. The van der Waals surface area contributed by atoms with Crippen LogP contribution in [0.1, 0.15) is 30.0 Å². The van der Waals surface area contributed by atoms with Gasteiger partial charge in [-0.25, -0.2) is 4.79 Å². The molecule has 0 atom stereocenters. The Hall–Kier alpha value is -3.96. The first-order valence-corrected chi connectivity index (χ1v) is 16.1. The number of aryl methyl sites for hydroxylation is 1. The van der Waals surface area contributed by atoms with Gasteiger partial charge in [-0.1, -0.05) is 108 Å². The van der Waals surface area contributed by atoms with Gasteiger partial charge >= 0.3 is 5.97 Å². The fourth-order valence-corrected chi connectivity index (χ4v) is 6.60. The highest BCUT2D eigenvalue weighted by atomic mass is 35.5. The summed E-state index contributed by atoms with van der Waals surface area (Å²) in [5.74, 6) is 0.393. The normalized spacial score (nSPS) is 10.8. The van der Waals surface area contributed by atoms with E-state index in [1.54, 1.807) is 11.8 Å². The molecule has 0 amide bonds. The van der Waals surface area contributed by atoms with Crippen molar-refractivity contribution in [3.8, 4) is 28.0 Å². The van der Waals surface area contributed by atoms with Crippen LogP contribution in [0.25, 0.3) is 27.8 Å². The highest BCUT2D eigenvalue weighted by Crippen LogP contribution is 2.36. The summed E-state index contributed by atoms with van der Waals surface area (Å²) in [6.45, 7) is 3.78. The third kappa shape index (κ3) is 7.95. The first-order valence-electron chi connectivity index (χ1n) is 14.3. The number of aliphatic carboxylic acids is 1. The molecule has 0 saturated heterocycles. The molecule has 3 nitrogen and oxygen atoms in total. The van der Waals surface area contributed by atoms with E-state index in [0.717, 1.165) is 56.0 Å². The summed E-state index contributed by atoms with van der Waals surface area (Å²) in [5, 5.41) is 10.4. The van der Waals surface area contributed by atoms with E-state index in [1.807, 2.05) is 61.5 Å². The van der Waals surface area contributed by atoms with Crippen molar-refractivity contribution in [2.45, 2.75) is 25.2 Å². The predicted molar refractivity (Wildman–Crippen MR) is 185 cm³/mol. The first-order chi connectivity index (χ1) is 21.3. The topological polar surface area (TPSA) is 46.5 Å². The molecule has 0 aliphatic carbocycles. The average molecular weight is 640 g/mol. The summed E-state index contributed by atoms with van der Waals surface area (Å²) < 4.78 is 5.42. The summed E-state index contributed by atoms with van der Waals surface area (Å²) in [7, 11) is 0. The highest BCUT2D eigenvalue weighted by molar-refractivity contribution is 7.99. The zero-order valence-corrected chi connectivity index (χ0v) is 26.8. The van der Waals surface area contributed by atoms with Gasteiger partial charge in [-0.3, -0.25) is 0 Å². The monoisotopic (exact) mass is 638 g/mol. The van der Waals surface area contributed by atoms with Crippen LogP contribution in [0.2, 0.25) is 10.0 Å². The number of carboxylic acid groups (broad SMARTS) is 1. The maximum absolute atomic E-state index is 10.9. The lowest BCUT2D eigenvalue weighted by Crippen LogP contribution is -2.10. The predicted octanol–water partition coefficient (Wildman–Crippen LogP) is 11.1. The number of thioether (sulfide) groups is 1. The van der Waals surface area contributed by atoms with Crippen molar-refractivity contribution in [1.82, 2.24) is 0 Å². The van der Waals surface area contributed by atoms with Gasteiger partial charge in [0.05, 0.1) is 0 Å². The van der Waals surface area contributed by atoms with Crippen molar-refractivity contribution in [2.24, 2.45) is 0 Å². The van der Waals surface area contributed by atoms with Gasteiger partial charge in [-0.05, 0) is 100 Å². The zero-order valence-electron chi connectivity index (χ0n) is 24.5. The van der Waals surface area contributed by atoms with Crippen molar-refractivity contribution >= 4 is 46.5 Å². The Bertz CT molecular complexity index is 1700. The second-order valence-electron chi connectivity index (χ2n) is 10.4. The molecule has 0 fully saturated rings. The number of carbonyl (C=O) groups is 1. The molecule has 5 rings (SSSR count). The molecule has 44 heavy (non-hydrogen) atoms. The van der Waals surface area contributed by atoms with Crippen molar-refractivity contribution < 1.29 is 14.6 Å². The van der Waals surface area contributed by atoms with Gasteiger partial charge in [-0.15, -0.1) is 11.8 Å². The number of benzene rings is 5. The van der Waals surface area contributed by atoms with E-state index in [4.69, 9.17) is 33.0 Å². The third-order valence-electron chi connectivity index (χ3n) is 7.35. The zero-order chi connectivity index (χ0) is 31.1. The van der Waals surface area contributed by atoms with Gasteiger partial charge in [0.15, 0.2) is 6.61 Å². The fraction of sp³-hybridized carbons (Fsp3) is 0.132. The van der Waals surface area contributed by atoms with E-state index in [9.17, 15) is 4.79 Å². The Morgan fingerprint density at radius 3 is 1.73 bits per heavy atom. The number of carboxylic acids is 1. The molecule has 0 aliphatic rings. The highest BCUT2D eigenvalue weighted by Gasteiger charge is 2.14. The molecule has 0 unspecified atom stereocenters. The molecular formula is C38H32Cl2O3S. The SMILES string of the molecule is CCC(CSc1ccc(OCC(=O)O)c(C)c1)=C(c1ccc(-c2cccc(Cl)c2)cc1)c1ccc(-c2cccc(Cl)c2)cc1. The number of halogens is 2. The minimum Gasteiger partial charge on any atom is -0.482 e. The molecule has 0 spiro atoms. The number of hydrogen-bond donors (Lipinski definition) is 1. The van der Waals surface area contributed by atoms with Crippen molar-refractivity contribution in [2.75, 3.05) is 12.4 Å². The Morgan fingerprint density at radius 1 is 0.727 bits per heavy atom. The van der Waals surface area contributed by atoms with Crippen molar-refractivity contribution in [3.63, 3.8) is 0 Å². The van der Waals surface area contributed by atoms with Crippen LogP contribution < -0.4 is 4.74 Å². The molecule has 5 aromatic carbocycles. The van der Waals surface area contributed by atoms with E-state index in [2.05, 4.69) is 67.6 Å². The van der Waals surface area contributed by atoms with Crippen LogP contribution in [0.4, 0.5) is 0 Å². The van der Waals surface area contributed by atoms with Crippen molar-refractivity contribution in [1.29, 1.82) is 0 Å². The maximum Gasteiger partial charge on any atom is 0.341 e. The Labute approximate surface area is 273 Å². The number of rotatable bonds is 11. The summed E-state index contributed by atoms with van der Waals surface area (Å²) in [6.07, 6.45) is 0.882. The van der Waals surface area contributed by atoms with E-state index < -0.39 is 5.97 Å². The van der Waals surface area contributed by atoms with Crippen LogP contribution in [0, 0.1) is 6.92 Å². The summed E-state index contributed by atoms with van der Waals surface area (Å²) in [5.41, 5.74) is 10.1. The van der Waals surface area contributed by atoms with Gasteiger partial charge < -0.3 is 9.84 Å². The molecule has 5 aromatic rings. The van der Waals surface area contributed by atoms with Crippen LogP contribution in [0.3, 0.4) is 0 Å². The molecular weight excluding hydrogens is 607 g/mol. The lowest BCUT2D eigenvalue weighted by molar-refractivity contribution is -0.139. The summed E-state index contributed by atoms with van der Waals surface area (Å²) in [4.78, 5) is 12.0. The Kier molecular flexibility index (Phi) is 10.5. The van der Waals surface area contributed by atoms with Gasteiger partial charge in [0.1, 0.15) is 5.75 Å². The van der Waals surface area contributed by atoms with Gasteiger partial charge in [-0.2, -0.15) is 0 Å². The minimum absolute atomic E-state index is 0.356. The number of hydrogen-bond acceptors (Lipinski definition) is 3. The maximum atomic E-state index is 10.9. The van der Waals surface area contributed by atoms with Crippen LogP contribution in [0.15, 0.2) is 126 Å².